The number of hydrogen-bond acceptors (Lipinski definition) is 6. The fourth-order valence-corrected chi connectivity index (χ4v) is 4.31. The molecular formula is C20H25N5O. The van der Waals surface area contributed by atoms with Gasteiger partial charge in [-0.3, -0.25) is 4.90 Å². The molecule has 2 heterocycles. The SMILES string of the molecule is CC1(O)CCN(C2CCC(Nc3ncnc4ccc(C#N)cc34)CC2)C1. The van der Waals surface area contributed by atoms with Gasteiger partial charge in [-0.1, -0.05) is 0 Å². The Balaban J connectivity index is 1.42. The van der Waals surface area contributed by atoms with Crippen LogP contribution in [0.4, 0.5) is 5.82 Å². The topological polar surface area (TPSA) is 85.1 Å². The van der Waals surface area contributed by atoms with Crippen molar-refractivity contribution in [3.05, 3.63) is 30.1 Å². The molecule has 1 aliphatic heterocycles. The minimum absolute atomic E-state index is 0.387. The van der Waals surface area contributed by atoms with Crippen LogP contribution in [0.3, 0.4) is 0 Å². The van der Waals surface area contributed by atoms with Gasteiger partial charge in [0.05, 0.1) is 22.8 Å². The molecule has 2 fully saturated rings. The zero-order chi connectivity index (χ0) is 18.1. The monoisotopic (exact) mass is 351 g/mol. The van der Waals surface area contributed by atoms with Crippen LogP contribution in [0.2, 0.25) is 0 Å². The number of anilines is 1. The molecule has 1 aliphatic carbocycles. The minimum atomic E-state index is -0.520. The number of nitrogens with one attached hydrogen (secondary N) is 1. The van der Waals surface area contributed by atoms with Gasteiger partial charge in [-0.25, -0.2) is 9.97 Å². The number of likely N-dealkylation sites (tertiary alicyclic amines) is 1. The van der Waals surface area contributed by atoms with Gasteiger partial charge < -0.3 is 10.4 Å². The molecule has 26 heavy (non-hydrogen) atoms. The number of nitriles is 1. The first-order valence-electron chi connectivity index (χ1n) is 9.42. The second kappa shape index (κ2) is 6.82. The van der Waals surface area contributed by atoms with E-state index in [1.165, 1.54) is 0 Å². The highest BCUT2D eigenvalue weighted by Gasteiger charge is 2.36. The highest BCUT2D eigenvalue weighted by atomic mass is 16.3. The molecular weight excluding hydrogens is 326 g/mol. The molecule has 2 aliphatic rings. The summed E-state index contributed by atoms with van der Waals surface area (Å²) in [6, 6.07) is 8.67. The maximum atomic E-state index is 10.2. The van der Waals surface area contributed by atoms with E-state index < -0.39 is 5.60 Å². The summed E-state index contributed by atoms with van der Waals surface area (Å²) in [4.78, 5) is 11.2. The van der Waals surface area contributed by atoms with E-state index in [0.29, 0.717) is 17.6 Å². The Hall–Kier alpha value is -2.23. The average Bonchev–Trinajstić information content (AvgIpc) is 3.02. The molecule has 1 aromatic heterocycles. The Labute approximate surface area is 153 Å². The molecule has 2 N–H and O–H groups in total. The standard InChI is InChI=1S/C20H25N5O/c1-20(26)8-9-25(12-20)16-5-3-15(4-6-16)24-19-17-10-14(11-21)2-7-18(17)22-13-23-19/h2,7,10,13,15-16,26H,3-6,8-9,12H2,1H3,(H,22,23,24). The number of aromatic nitrogens is 2. The van der Waals surface area contributed by atoms with E-state index in [2.05, 4.69) is 26.3 Å². The molecule has 1 saturated carbocycles. The summed E-state index contributed by atoms with van der Waals surface area (Å²) in [6.07, 6.45) is 6.91. The van der Waals surface area contributed by atoms with Crippen molar-refractivity contribution >= 4 is 16.7 Å². The molecule has 136 valence electrons. The van der Waals surface area contributed by atoms with Gasteiger partial charge in [-0.15, -0.1) is 0 Å². The first-order valence-corrected chi connectivity index (χ1v) is 9.42. The summed E-state index contributed by atoms with van der Waals surface area (Å²) in [5.41, 5.74) is 0.961. The average molecular weight is 351 g/mol. The van der Waals surface area contributed by atoms with Crippen LogP contribution in [0.1, 0.15) is 44.6 Å². The Morgan fingerprint density at radius 3 is 2.77 bits per heavy atom. The first kappa shape index (κ1) is 17.2. The van der Waals surface area contributed by atoms with E-state index in [-0.39, 0.29) is 0 Å². The van der Waals surface area contributed by atoms with E-state index in [9.17, 15) is 5.11 Å². The smallest absolute Gasteiger partial charge is 0.137 e. The van der Waals surface area contributed by atoms with Crippen molar-refractivity contribution in [3.63, 3.8) is 0 Å². The Kier molecular flexibility index (Phi) is 4.51. The van der Waals surface area contributed by atoms with E-state index in [1.807, 2.05) is 19.1 Å². The lowest BCUT2D eigenvalue weighted by molar-refractivity contribution is 0.0578. The lowest BCUT2D eigenvalue weighted by Crippen LogP contribution is -2.41. The fourth-order valence-electron chi connectivity index (χ4n) is 4.31. The summed E-state index contributed by atoms with van der Waals surface area (Å²) in [5.74, 6) is 0.819. The molecule has 4 rings (SSSR count). The highest BCUT2D eigenvalue weighted by Crippen LogP contribution is 2.31. The largest absolute Gasteiger partial charge is 0.389 e. The summed E-state index contributed by atoms with van der Waals surface area (Å²) in [5, 5.41) is 23.8. The summed E-state index contributed by atoms with van der Waals surface area (Å²) < 4.78 is 0. The molecule has 0 bridgehead atoms. The van der Waals surface area contributed by atoms with Crippen molar-refractivity contribution in [1.29, 1.82) is 5.26 Å². The number of benzene rings is 1. The van der Waals surface area contributed by atoms with E-state index >= 15 is 0 Å². The Morgan fingerprint density at radius 1 is 1.27 bits per heavy atom. The van der Waals surface area contributed by atoms with Gasteiger partial charge in [-0.05, 0) is 57.2 Å². The van der Waals surface area contributed by atoms with E-state index in [4.69, 9.17) is 5.26 Å². The normalized spacial score (nSPS) is 29.6. The summed E-state index contributed by atoms with van der Waals surface area (Å²) in [6.45, 7) is 3.74. The number of fused-ring (bicyclic) bond motifs is 1. The van der Waals surface area contributed by atoms with Crippen molar-refractivity contribution in [1.82, 2.24) is 14.9 Å². The van der Waals surface area contributed by atoms with Crippen LogP contribution >= 0.6 is 0 Å². The van der Waals surface area contributed by atoms with Gasteiger partial charge >= 0.3 is 0 Å². The van der Waals surface area contributed by atoms with Crippen molar-refractivity contribution < 1.29 is 5.11 Å². The lowest BCUT2D eigenvalue weighted by Gasteiger charge is -2.35. The summed E-state index contributed by atoms with van der Waals surface area (Å²) in [7, 11) is 0. The van der Waals surface area contributed by atoms with Crippen LogP contribution < -0.4 is 5.32 Å². The lowest BCUT2D eigenvalue weighted by atomic mass is 9.90. The van der Waals surface area contributed by atoms with Gasteiger partial charge in [0.2, 0.25) is 0 Å². The van der Waals surface area contributed by atoms with Gasteiger partial charge in [0.1, 0.15) is 12.1 Å². The predicted octanol–water partition coefficient (Wildman–Crippen LogP) is 2.68. The van der Waals surface area contributed by atoms with Gasteiger partial charge in [0, 0.05) is 30.6 Å². The van der Waals surface area contributed by atoms with E-state index in [1.54, 1.807) is 12.4 Å². The second-order valence-electron chi connectivity index (χ2n) is 7.93. The Bertz CT molecular complexity index is 836. The fraction of sp³-hybridized carbons (Fsp3) is 0.550. The minimum Gasteiger partial charge on any atom is -0.389 e. The second-order valence-corrected chi connectivity index (χ2v) is 7.93. The van der Waals surface area contributed by atoms with Crippen molar-refractivity contribution in [3.8, 4) is 6.07 Å². The molecule has 1 saturated heterocycles. The quantitative estimate of drug-likeness (QED) is 0.884. The number of rotatable bonds is 3. The molecule has 2 aromatic rings. The number of β-amino-alcohol motifs (C(OH)–C–C–N with tert-alkyl or cyclic N) is 1. The van der Waals surface area contributed by atoms with Crippen molar-refractivity contribution in [2.24, 2.45) is 0 Å². The van der Waals surface area contributed by atoms with Crippen molar-refractivity contribution in [2.75, 3.05) is 18.4 Å². The number of hydrogen-bond donors (Lipinski definition) is 2. The maximum Gasteiger partial charge on any atom is 0.137 e. The number of nitrogens with zero attached hydrogens (tertiary/aromatic N) is 4. The predicted molar refractivity (Wildman–Crippen MR) is 101 cm³/mol. The zero-order valence-electron chi connectivity index (χ0n) is 15.1. The van der Waals surface area contributed by atoms with Crippen LogP contribution in [0.25, 0.3) is 10.9 Å². The summed E-state index contributed by atoms with van der Waals surface area (Å²) >= 11 is 0. The van der Waals surface area contributed by atoms with Crippen molar-refractivity contribution in [2.45, 2.75) is 56.7 Å². The number of aliphatic hydroxyl groups is 1. The van der Waals surface area contributed by atoms with Crippen LogP contribution in [-0.4, -0.2) is 50.7 Å². The third-order valence-electron chi connectivity index (χ3n) is 5.80. The van der Waals surface area contributed by atoms with Gasteiger partial charge in [0.25, 0.3) is 0 Å². The van der Waals surface area contributed by atoms with Gasteiger partial charge in [-0.2, -0.15) is 5.26 Å². The molecule has 6 heteroatoms. The Morgan fingerprint density at radius 2 is 2.08 bits per heavy atom. The molecule has 6 nitrogen and oxygen atoms in total. The first-order chi connectivity index (χ1) is 12.5. The third-order valence-corrected chi connectivity index (χ3v) is 5.80. The molecule has 0 amide bonds. The molecule has 1 atom stereocenters. The van der Waals surface area contributed by atoms with Crippen LogP contribution in [0, 0.1) is 11.3 Å². The maximum absolute atomic E-state index is 10.2. The van der Waals surface area contributed by atoms with Crippen LogP contribution in [-0.2, 0) is 0 Å². The van der Waals surface area contributed by atoms with E-state index in [0.717, 1.165) is 61.9 Å². The molecule has 1 unspecified atom stereocenters. The molecule has 1 aromatic carbocycles. The highest BCUT2D eigenvalue weighted by molar-refractivity contribution is 5.89. The van der Waals surface area contributed by atoms with Gasteiger partial charge in [0.15, 0.2) is 0 Å². The van der Waals surface area contributed by atoms with Crippen LogP contribution in [0.15, 0.2) is 24.5 Å². The van der Waals surface area contributed by atoms with Crippen LogP contribution in [0.5, 0.6) is 0 Å². The third kappa shape index (κ3) is 3.50. The molecule has 0 spiro atoms. The molecule has 0 radical (unpaired) electrons. The zero-order valence-corrected chi connectivity index (χ0v) is 15.1.